The lowest BCUT2D eigenvalue weighted by atomic mass is 10.2. The lowest BCUT2D eigenvalue weighted by Crippen LogP contribution is -1.76. The van der Waals surface area contributed by atoms with E-state index in [4.69, 9.17) is 0 Å². The Morgan fingerprint density at radius 2 is 1.64 bits per heavy atom. The van der Waals surface area contributed by atoms with Crippen molar-refractivity contribution in [2.75, 3.05) is 0 Å². The first kappa shape index (κ1) is 13.3. The van der Waals surface area contributed by atoms with Crippen molar-refractivity contribution in [1.82, 2.24) is 0 Å². The minimum absolute atomic E-state index is 0.861. The van der Waals surface area contributed by atoms with Gasteiger partial charge in [-0.3, -0.25) is 0 Å². The zero-order chi connectivity index (χ0) is 9.28. The van der Waals surface area contributed by atoms with Gasteiger partial charge in [-0.05, 0) is 25.7 Å². The van der Waals surface area contributed by atoms with Crippen LogP contribution in [0.5, 0.6) is 0 Å². The molecule has 11 heavy (non-hydrogen) atoms. The van der Waals surface area contributed by atoms with Crippen LogP contribution in [0.1, 0.15) is 54.4 Å². The van der Waals surface area contributed by atoms with E-state index in [1.54, 1.807) is 5.57 Å². The van der Waals surface area contributed by atoms with Gasteiger partial charge in [-0.2, -0.15) is 0 Å². The predicted octanol–water partition coefficient (Wildman–Crippen LogP) is 4.42. The number of hydrogen-bond donors (Lipinski definition) is 0. The smallest absolute Gasteiger partial charge is 0.0256 e. The maximum atomic E-state index is 2.36. The molecule has 1 aliphatic carbocycles. The van der Waals surface area contributed by atoms with Gasteiger partial charge in [0.05, 0.1) is 0 Å². The van der Waals surface area contributed by atoms with E-state index in [1.165, 1.54) is 12.8 Å². The van der Waals surface area contributed by atoms with Gasteiger partial charge >= 0.3 is 0 Å². The maximum Gasteiger partial charge on any atom is -0.0256 e. The lowest BCUT2D eigenvalue weighted by Gasteiger charge is -1.89. The summed E-state index contributed by atoms with van der Waals surface area (Å²) in [5.41, 5.74) is 1.58. The largest absolute Gasteiger partial charge is 0.0828 e. The molecule has 0 aromatic rings. The van der Waals surface area contributed by atoms with E-state index in [2.05, 4.69) is 19.9 Å². The average molecular weight is 156 g/mol. The molecule has 0 radical (unpaired) electrons. The molecule has 0 heterocycles. The summed E-state index contributed by atoms with van der Waals surface area (Å²) in [6.07, 6.45) is 5.08. The Kier molecular flexibility index (Phi) is 11.8. The highest BCUT2D eigenvalue weighted by Gasteiger charge is 2.05. The highest BCUT2D eigenvalue weighted by Crippen LogP contribution is 2.21. The Balaban J connectivity index is 0. The van der Waals surface area contributed by atoms with E-state index in [0.717, 1.165) is 5.92 Å². The molecule has 0 aromatic heterocycles. The third kappa shape index (κ3) is 7.64. The highest BCUT2D eigenvalue weighted by atomic mass is 14.1. The molecule has 68 valence electrons. The van der Waals surface area contributed by atoms with Gasteiger partial charge in [0, 0.05) is 0 Å². The van der Waals surface area contributed by atoms with Crippen LogP contribution in [-0.4, -0.2) is 0 Å². The maximum absolute atomic E-state index is 2.36. The van der Waals surface area contributed by atoms with Crippen molar-refractivity contribution in [3.8, 4) is 0 Å². The van der Waals surface area contributed by atoms with Crippen molar-refractivity contribution in [2.24, 2.45) is 5.92 Å². The van der Waals surface area contributed by atoms with Crippen molar-refractivity contribution >= 4 is 0 Å². The van der Waals surface area contributed by atoms with E-state index in [9.17, 15) is 0 Å². The second kappa shape index (κ2) is 9.74. The van der Waals surface area contributed by atoms with Crippen LogP contribution >= 0.6 is 0 Å². The van der Waals surface area contributed by atoms with Crippen LogP contribution in [0.2, 0.25) is 0 Å². The Morgan fingerprint density at radius 3 is 1.73 bits per heavy atom. The zero-order valence-electron chi connectivity index (χ0n) is 9.07. The lowest BCUT2D eigenvalue weighted by molar-refractivity contribution is 0.698. The van der Waals surface area contributed by atoms with Crippen LogP contribution < -0.4 is 0 Å². The molecule has 0 nitrogen and oxygen atoms in total. The highest BCUT2D eigenvalue weighted by molar-refractivity contribution is 5.06. The van der Waals surface area contributed by atoms with Crippen LogP contribution in [0.25, 0.3) is 0 Å². The summed E-state index contributed by atoms with van der Waals surface area (Å²) < 4.78 is 0. The van der Waals surface area contributed by atoms with Gasteiger partial charge in [0.2, 0.25) is 0 Å². The first-order valence-electron chi connectivity index (χ1n) is 4.96. The van der Waals surface area contributed by atoms with Crippen molar-refractivity contribution in [3.05, 3.63) is 11.6 Å². The molecule has 1 unspecified atom stereocenters. The Labute approximate surface area is 72.7 Å². The summed E-state index contributed by atoms with van der Waals surface area (Å²) in [5.74, 6) is 0.861. The van der Waals surface area contributed by atoms with Gasteiger partial charge < -0.3 is 0 Å². The molecule has 0 N–H and O–H groups in total. The SMILES string of the molecule is CC.CC.CC1=CC(C)CC1. The quantitative estimate of drug-likeness (QED) is 0.456. The monoisotopic (exact) mass is 156 g/mol. The van der Waals surface area contributed by atoms with Crippen molar-refractivity contribution < 1.29 is 0 Å². The summed E-state index contributed by atoms with van der Waals surface area (Å²) in [4.78, 5) is 0. The summed E-state index contributed by atoms with van der Waals surface area (Å²) in [6, 6.07) is 0. The molecular weight excluding hydrogens is 132 g/mol. The second-order valence-electron chi connectivity index (χ2n) is 2.53. The zero-order valence-corrected chi connectivity index (χ0v) is 9.07. The summed E-state index contributed by atoms with van der Waals surface area (Å²) >= 11 is 0. The second-order valence-corrected chi connectivity index (χ2v) is 2.53. The Bertz CT molecular complexity index is 90.2. The van der Waals surface area contributed by atoms with Crippen molar-refractivity contribution in [2.45, 2.75) is 54.4 Å². The van der Waals surface area contributed by atoms with Crippen molar-refractivity contribution in [1.29, 1.82) is 0 Å². The van der Waals surface area contributed by atoms with Gasteiger partial charge in [0.25, 0.3) is 0 Å². The van der Waals surface area contributed by atoms with Crippen LogP contribution in [-0.2, 0) is 0 Å². The van der Waals surface area contributed by atoms with Crippen LogP contribution in [0, 0.1) is 5.92 Å². The topological polar surface area (TPSA) is 0 Å². The fraction of sp³-hybridized carbons (Fsp3) is 0.818. The number of hydrogen-bond acceptors (Lipinski definition) is 0. The summed E-state index contributed by atoms with van der Waals surface area (Å²) in [6.45, 7) is 12.5. The molecule has 0 spiro atoms. The van der Waals surface area contributed by atoms with E-state index >= 15 is 0 Å². The molecule has 0 aromatic carbocycles. The standard InChI is InChI=1S/C7H12.2C2H6/c1-6-3-4-7(2)5-6;2*1-2/h5-6H,3-4H2,1-2H3;2*1-2H3. The molecule has 0 fully saturated rings. The third-order valence-electron chi connectivity index (χ3n) is 1.56. The predicted molar refractivity (Wildman–Crippen MR) is 54.9 cm³/mol. The van der Waals surface area contributed by atoms with E-state index < -0.39 is 0 Å². The molecule has 1 aliphatic rings. The minimum atomic E-state index is 0.861. The first-order valence-corrected chi connectivity index (χ1v) is 4.96. The number of rotatable bonds is 0. The van der Waals surface area contributed by atoms with E-state index in [1.807, 2.05) is 27.7 Å². The molecule has 0 bridgehead atoms. The average Bonchev–Trinajstić information content (AvgIpc) is 2.43. The molecule has 0 amide bonds. The first-order chi connectivity index (χ1) is 5.29. The van der Waals surface area contributed by atoms with Gasteiger partial charge in [-0.15, -0.1) is 0 Å². The fourth-order valence-corrected chi connectivity index (χ4v) is 1.11. The van der Waals surface area contributed by atoms with Gasteiger partial charge in [0.1, 0.15) is 0 Å². The van der Waals surface area contributed by atoms with E-state index in [0.29, 0.717) is 0 Å². The molecular formula is C11H24. The van der Waals surface area contributed by atoms with Crippen LogP contribution in [0.3, 0.4) is 0 Å². The minimum Gasteiger partial charge on any atom is -0.0828 e. The summed E-state index contributed by atoms with van der Waals surface area (Å²) in [5, 5.41) is 0. The van der Waals surface area contributed by atoms with Gasteiger partial charge in [0.15, 0.2) is 0 Å². The van der Waals surface area contributed by atoms with Crippen molar-refractivity contribution in [3.63, 3.8) is 0 Å². The molecule has 0 heteroatoms. The van der Waals surface area contributed by atoms with Crippen LogP contribution in [0.4, 0.5) is 0 Å². The normalized spacial score (nSPS) is 20.5. The van der Waals surface area contributed by atoms with Crippen LogP contribution in [0.15, 0.2) is 11.6 Å². The molecule has 0 aliphatic heterocycles. The molecule has 1 atom stereocenters. The van der Waals surface area contributed by atoms with Gasteiger partial charge in [-0.25, -0.2) is 0 Å². The number of allylic oxidation sites excluding steroid dienone is 2. The summed E-state index contributed by atoms with van der Waals surface area (Å²) in [7, 11) is 0. The molecule has 1 rings (SSSR count). The Morgan fingerprint density at radius 1 is 1.18 bits per heavy atom. The molecule has 0 saturated carbocycles. The van der Waals surface area contributed by atoms with Gasteiger partial charge in [-0.1, -0.05) is 46.3 Å². The fourth-order valence-electron chi connectivity index (χ4n) is 1.11. The molecule has 0 saturated heterocycles. The Hall–Kier alpha value is -0.260. The van der Waals surface area contributed by atoms with E-state index in [-0.39, 0.29) is 0 Å². The third-order valence-corrected chi connectivity index (χ3v) is 1.56.